The Labute approximate surface area is 198 Å². The van der Waals surface area contributed by atoms with E-state index in [4.69, 9.17) is 20.8 Å². The van der Waals surface area contributed by atoms with E-state index in [9.17, 15) is 9.59 Å². The first-order valence-corrected chi connectivity index (χ1v) is 11.0. The van der Waals surface area contributed by atoms with Crippen LogP contribution in [0.1, 0.15) is 17.9 Å². The Morgan fingerprint density at radius 3 is 2.52 bits per heavy atom. The van der Waals surface area contributed by atoms with Crippen LogP contribution in [0.25, 0.3) is 0 Å². The number of urea groups is 1. The van der Waals surface area contributed by atoms with Gasteiger partial charge in [0.15, 0.2) is 0 Å². The number of amides is 3. The number of carbonyl (C=O) groups excluding carboxylic acids is 2. The van der Waals surface area contributed by atoms with Gasteiger partial charge in [0, 0.05) is 49.9 Å². The molecule has 0 radical (unpaired) electrons. The van der Waals surface area contributed by atoms with Gasteiger partial charge in [0.2, 0.25) is 5.91 Å². The van der Waals surface area contributed by atoms with Crippen LogP contribution in [-0.4, -0.2) is 53.1 Å². The molecule has 3 aromatic rings. The van der Waals surface area contributed by atoms with E-state index in [1.165, 1.54) is 4.90 Å². The molecule has 8 nitrogen and oxygen atoms in total. The minimum atomic E-state index is -0.362. The van der Waals surface area contributed by atoms with Gasteiger partial charge in [-0.1, -0.05) is 11.6 Å². The van der Waals surface area contributed by atoms with Gasteiger partial charge in [0.05, 0.1) is 19.4 Å². The minimum absolute atomic E-state index is 0.0751. The summed E-state index contributed by atoms with van der Waals surface area (Å²) in [6, 6.07) is 14.0. The van der Waals surface area contributed by atoms with E-state index in [0.29, 0.717) is 49.1 Å². The van der Waals surface area contributed by atoms with Crippen LogP contribution >= 0.6 is 11.6 Å². The summed E-state index contributed by atoms with van der Waals surface area (Å²) in [5.41, 5.74) is 1.58. The van der Waals surface area contributed by atoms with E-state index in [0.717, 1.165) is 5.69 Å². The molecule has 0 fully saturated rings. The van der Waals surface area contributed by atoms with Gasteiger partial charge in [-0.2, -0.15) is 0 Å². The lowest BCUT2D eigenvalue weighted by molar-refractivity contribution is -0.133. The molecule has 0 bridgehead atoms. The lowest BCUT2D eigenvalue weighted by Gasteiger charge is -2.27. The number of furan rings is 1. The molecule has 3 amide bonds. The molecule has 9 heteroatoms. The average molecular weight is 473 g/mol. The molecule has 0 unspecified atom stereocenters. The number of aryl methyl sites for hydroxylation is 1. The molecule has 1 aromatic carbocycles. The first-order chi connectivity index (χ1) is 16.0. The largest absolute Gasteiger partial charge is 0.467 e. The van der Waals surface area contributed by atoms with Gasteiger partial charge in [0.25, 0.3) is 0 Å². The highest BCUT2D eigenvalue weighted by Gasteiger charge is 2.23. The second-order valence-electron chi connectivity index (χ2n) is 7.64. The zero-order valence-electron chi connectivity index (χ0n) is 18.9. The van der Waals surface area contributed by atoms with Gasteiger partial charge >= 0.3 is 6.03 Å². The van der Waals surface area contributed by atoms with Crippen molar-refractivity contribution in [2.45, 2.75) is 19.5 Å². The van der Waals surface area contributed by atoms with E-state index in [2.05, 4.69) is 5.32 Å². The van der Waals surface area contributed by atoms with E-state index < -0.39 is 0 Å². The predicted octanol–water partition coefficient (Wildman–Crippen LogP) is 4.37. The quantitative estimate of drug-likeness (QED) is 0.420. The number of halogens is 1. The molecule has 3 rings (SSSR count). The van der Waals surface area contributed by atoms with Crippen molar-refractivity contribution in [2.24, 2.45) is 7.05 Å². The van der Waals surface area contributed by atoms with Crippen LogP contribution in [0.2, 0.25) is 5.02 Å². The van der Waals surface area contributed by atoms with Gasteiger partial charge in [-0.15, -0.1) is 0 Å². The monoisotopic (exact) mass is 472 g/mol. The Hall–Kier alpha value is -3.23. The molecule has 0 aliphatic carbocycles. The molecule has 0 aliphatic heterocycles. The average Bonchev–Trinajstić information content (AvgIpc) is 3.46. The maximum atomic E-state index is 13.4. The number of nitrogens with zero attached hydrogens (tertiary/aromatic N) is 3. The zero-order chi connectivity index (χ0) is 23.6. The van der Waals surface area contributed by atoms with Crippen molar-refractivity contribution in [2.75, 3.05) is 32.1 Å². The summed E-state index contributed by atoms with van der Waals surface area (Å²) >= 11 is 5.93. The van der Waals surface area contributed by atoms with Gasteiger partial charge in [-0.3, -0.25) is 4.79 Å². The molecular formula is C24H29ClN4O4. The van der Waals surface area contributed by atoms with Crippen molar-refractivity contribution in [1.29, 1.82) is 0 Å². The molecule has 0 saturated carbocycles. The summed E-state index contributed by atoms with van der Waals surface area (Å²) in [6.07, 6.45) is 4.12. The molecule has 0 atom stereocenters. The summed E-state index contributed by atoms with van der Waals surface area (Å²) < 4.78 is 12.6. The fourth-order valence-corrected chi connectivity index (χ4v) is 3.46. The van der Waals surface area contributed by atoms with Crippen molar-refractivity contribution >= 4 is 29.2 Å². The number of benzene rings is 1. The number of hydrogen-bond donors (Lipinski definition) is 1. The van der Waals surface area contributed by atoms with Crippen LogP contribution in [0, 0.1) is 0 Å². The zero-order valence-corrected chi connectivity index (χ0v) is 19.6. The number of methoxy groups -OCH3 is 1. The van der Waals surface area contributed by atoms with Crippen LogP contribution < -0.4 is 5.32 Å². The van der Waals surface area contributed by atoms with Crippen molar-refractivity contribution in [3.63, 3.8) is 0 Å². The van der Waals surface area contributed by atoms with Crippen molar-refractivity contribution < 1.29 is 18.7 Å². The normalized spacial score (nSPS) is 10.8. The Morgan fingerprint density at radius 2 is 1.88 bits per heavy atom. The van der Waals surface area contributed by atoms with Gasteiger partial charge in [-0.25, -0.2) is 4.79 Å². The maximum Gasteiger partial charge on any atom is 0.322 e. The molecule has 33 heavy (non-hydrogen) atoms. The first kappa shape index (κ1) is 24.4. The third kappa shape index (κ3) is 7.40. The highest BCUT2D eigenvalue weighted by Crippen LogP contribution is 2.15. The molecule has 0 spiro atoms. The third-order valence-corrected chi connectivity index (χ3v) is 5.42. The Balaban J connectivity index is 1.73. The summed E-state index contributed by atoms with van der Waals surface area (Å²) in [6.45, 7) is 1.49. The number of hydrogen-bond acceptors (Lipinski definition) is 4. The standard InChI is InChI=1S/C24H29ClN4O4/c1-27-12-3-6-21(27)16-29(17-22-7-4-15-33-22)23(30)18-28(13-5-14-32-2)24(31)26-20-10-8-19(25)9-11-20/h3-4,6-12,15H,5,13-14,16-18H2,1-2H3,(H,26,31). The maximum absolute atomic E-state index is 13.4. The van der Waals surface area contributed by atoms with Crippen molar-refractivity contribution in [3.05, 3.63) is 77.5 Å². The number of nitrogens with one attached hydrogen (secondary N) is 1. The highest BCUT2D eigenvalue weighted by atomic mass is 35.5. The second-order valence-corrected chi connectivity index (χ2v) is 8.08. The number of ether oxygens (including phenoxy) is 1. The van der Waals surface area contributed by atoms with Crippen LogP contribution in [0.4, 0.5) is 10.5 Å². The summed E-state index contributed by atoms with van der Waals surface area (Å²) in [4.78, 5) is 29.5. The fourth-order valence-electron chi connectivity index (χ4n) is 3.33. The molecule has 1 N–H and O–H groups in total. The Kier molecular flexibility index (Phi) is 8.97. The van der Waals surface area contributed by atoms with Crippen LogP contribution in [0.3, 0.4) is 0 Å². The third-order valence-electron chi connectivity index (χ3n) is 5.17. The Bertz CT molecular complexity index is 1020. The molecule has 2 aromatic heterocycles. The predicted molar refractivity (Wildman–Crippen MR) is 127 cm³/mol. The van der Waals surface area contributed by atoms with Gasteiger partial charge < -0.3 is 28.8 Å². The molecular weight excluding hydrogens is 444 g/mol. The van der Waals surface area contributed by atoms with Crippen LogP contribution in [0.5, 0.6) is 0 Å². The van der Waals surface area contributed by atoms with E-state index in [1.807, 2.05) is 36.0 Å². The smallest absolute Gasteiger partial charge is 0.322 e. The van der Waals surface area contributed by atoms with Gasteiger partial charge in [-0.05, 0) is 55.0 Å². The van der Waals surface area contributed by atoms with Crippen LogP contribution in [0.15, 0.2) is 65.4 Å². The van der Waals surface area contributed by atoms with Crippen molar-refractivity contribution in [1.82, 2.24) is 14.4 Å². The first-order valence-electron chi connectivity index (χ1n) is 10.7. The number of rotatable bonds is 11. The van der Waals surface area contributed by atoms with E-state index in [1.54, 1.807) is 48.6 Å². The minimum Gasteiger partial charge on any atom is -0.467 e. The number of aromatic nitrogens is 1. The lowest BCUT2D eigenvalue weighted by Crippen LogP contribution is -2.44. The van der Waals surface area contributed by atoms with Crippen LogP contribution in [-0.2, 0) is 29.7 Å². The summed E-state index contributed by atoms with van der Waals surface area (Å²) in [7, 11) is 3.54. The van der Waals surface area contributed by atoms with E-state index >= 15 is 0 Å². The number of anilines is 1. The summed E-state index contributed by atoms with van der Waals surface area (Å²) in [5, 5.41) is 3.41. The summed E-state index contributed by atoms with van der Waals surface area (Å²) in [5.74, 6) is 0.491. The lowest BCUT2D eigenvalue weighted by atomic mass is 10.3. The second kappa shape index (κ2) is 12.1. The SMILES string of the molecule is COCCCN(CC(=O)N(Cc1ccco1)Cc1cccn1C)C(=O)Nc1ccc(Cl)cc1. The molecule has 176 valence electrons. The van der Waals surface area contributed by atoms with E-state index in [-0.39, 0.29) is 18.5 Å². The fraction of sp³-hybridized carbons (Fsp3) is 0.333. The molecule has 0 aliphatic rings. The Morgan fingerprint density at radius 1 is 1.09 bits per heavy atom. The van der Waals surface area contributed by atoms with Gasteiger partial charge in [0.1, 0.15) is 12.3 Å². The van der Waals surface area contributed by atoms with Crippen molar-refractivity contribution in [3.8, 4) is 0 Å². The number of carbonyl (C=O) groups is 2. The molecule has 2 heterocycles. The molecule has 0 saturated heterocycles. The topological polar surface area (TPSA) is 80.0 Å². The highest BCUT2D eigenvalue weighted by molar-refractivity contribution is 6.30.